The smallest absolute Gasteiger partial charge is 0.266 e. The third-order valence-corrected chi connectivity index (χ3v) is 7.09. The molecule has 1 saturated heterocycles. The molecule has 0 N–H and O–H groups in total. The van der Waals surface area contributed by atoms with Crippen molar-refractivity contribution >= 4 is 66.5 Å². The van der Waals surface area contributed by atoms with E-state index in [-0.39, 0.29) is 24.1 Å². The first kappa shape index (κ1) is 24.6. The number of benzene rings is 3. The molecule has 0 aliphatic carbocycles. The molecule has 174 valence electrons. The molecule has 1 aliphatic heterocycles. The minimum Gasteiger partial charge on any atom is -0.486 e. The van der Waals surface area contributed by atoms with Gasteiger partial charge in [0, 0.05) is 12.1 Å². The normalized spacial score (nSPS) is 16.0. The summed E-state index contributed by atoms with van der Waals surface area (Å²) in [4.78, 5) is 19.5. The number of carbonyl (C=O) groups is 1. The number of ether oxygens (including phenoxy) is 1. The first-order valence-corrected chi connectivity index (χ1v) is 12.7. The van der Waals surface area contributed by atoms with Crippen LogP contribution in [-0.2, 0) is 11.4 Å². The van der Waals surface area contributed by atoms with Crippen molar-refractivity contribution in [1.29, 1.82) is 0 Å². The fourth-order valence-electron chi connectivity index (χ4n) is 3.21. The largest absolute Gasteiger partial charge is 0.486 e. The standard InChI is InChI=1S/C25H18Br2F2N2O2S/c1-2-31-24(32)22(34-25(31)30-18-9-7-17(28)8-10-18)13-15-11-19(26)23(20(27)12-15)33-14-16-5-3-4-6-21(16)29/h3-13H,2,14H2,1H3/b22-13+,30-25?. The average Bonchev–Trinajstić information content (AvgIpc) is 3.09. The second kappa shape index (κ2) is 10.8. The van der Waals surface area contributed by atoms with Gasteiger partial charge in [0.05, 0.1) is 19.5 Å². The van der Waals surface area contributed by atoms with Crippen LogP contribution in [-0.4, -0.2) is 22.5 Å². The van der Waals surface area contributed by atoms with Crippen molar-refractivity contribution in [2.45, 2.75) is 13.5 Å². The number of thioether (sulfide) groups is 1. The van der Waals surface area contributed by atoms with Crippen molar-refractivity contribution in [2.24, 2.45) is 4.99 Å². The predicted octanol–water partition coefficient (Wildman–Crippen LogP) is 7.69. The van der Waals surface area contributed by atoms with Gasteiger partial charge >= 0.3 is 0 Å². The van der Waals surface area contributed by atoms with Crippen molar-refractivity contribution in [3.8, 4) is 5.75 Å². The lowest BCUT2D eigenvalue weighted by atomic mass is 10.2. The molecule has 1 heterocycles. The second-order valence-electron chi connectivity index (χ2n) is 7.22. The average molecular weight is 608 g/mol. The number of amides is 1. The summed E-state index contributed by atoms with van der Waals surface area (Å²) in [5.41, 5.74) is 1.79. The van der Waals surface area contributed by atoms with E-state index >= 15 is 0 Å². The van der Waals surface area contributed by atoms with Gasteiger partial charge in [-0.1, -0.05) is 18.2 Å². The minimum absolute atomic E-state index is 0.0767. The van der Waals surface area contributed by atoms with Gasteiger partial charge in [-0.25, -0.2) is 13.8 Å². The van der Waals surface area contributed by atoms with Crippen molar-refractivity contribution in [1.82, 2.24) is 4.90 Å². The van der Waals surface area contributed by atoms with Crippen molar-refractivity contribution < 1.29 is 18.3 Å². The number of hydrogen-bond acceptors (Lipinski definition) is 4. The number of amidine groups is 1. The van der Waals surface area contributed by atoms with Crippen molar-refractivity contribution in [3.05, 3.63) is 97.3 Å². The first-order chi connectivity index (χ1) is 16.4. The zero-order valence-corrected chi connectivity index (χ0v) is 21.9. The highest BCUT2D eigenvalue weighted by Crippen LogP contribution is 2.38. The maximum Gasteiger partial charge on any atom is 0.266 e. The van der Waals surface area contributed by atoms with E-state index in [2.05, 4.69) is 36.9 Å². The lowest BCUT2D eigenvalue weighted by molar-refractivity contribution is -0.122. The summed E-state index contributed by atoms with van der Waals surface area (Å²) in [5, 5.41) is 0.535. The Balaban J connectivity index is 1.56. The van der Waals surface area contributed by atoms with Crippen LogP contribution >= 0.6 is 43.6 Å². The highest BCUT2D eigenvalue weighted by atomic mass is 79.9. The van der Waals surface area contributed by atoms with Gasteiger partial charge in [-0.05, 0) is 105 Å². The molecule has 34 heavy (non-hydrogen) atoms. The summed E-state index contributed by atoms with van der Waals surface area (Å²) in [6.07, 6.45) is 1.78. The highest BCUT2D eigenvalue weighted by molar-refractivity contribution is 9.11. The zero-order valence-electron chi connectivity index (χ0n) is 17.9. The van der Waals surface area contributed by atoms with Crippen LogP contribution in [0.2, 0.25) is 0 Å². The molecule has 0 radical (unpaired) electrons. The van der Waals surface area contributed by atoms with Crippen LogP contribution in [0.15, 0.2) is 79.5 Å². The van der Waals surface area contributed by atoms with Gasteiger partial charge in [0.2, 0.25) is 0 Å². The molecule has 0 unspecified atom stereocenters. The lowest BCUT2D eigenvalue weighted by Crippen LogP contribution is -2.28. The summed E-state index contributed by atoms with van der Waals surface area (Å²) in [6, 6.07) is 15.9. The van der Waals surface area contributed by atoms with Crippen molar-refractivity contribution in [3.63, 3.8) is 0 Å². The van der Waals surface area contributed by atoms with Crippen molar-refractivity contribution in [2.75, 3.05) is 6.54 Å². The molecule has 0 spiro atoms. The monoisotopic (exact) mass is 606 g/mol. The number of aliphatic imine (C=N–C) groups is 1. The van der Waals surface area contributed by atoms with E-state index < -0.39 is 0 Å². The molecule has 1 amide bonds. The van der Waals surface area contributed by atoms with E-state index in [1.807, 2.05) is 19.1 Å². The Hall–Kier alpha value is -2.49. The summed E-state index contributed by atoms with van der Waals surface area (Å²) < 4.78 is 34.2. The maximum atomic E-state index is 13.9. The van der Waals surface area contributed by atoms with Crippen LogP contribution in [0.1, 0.15) is 18.1 Å². The maximum absolute atomic E-state index is 13.9. The molecule has 4 nitrogen and oxygen atoms in total. The SMILES string of the molecule is CCN1C(=O)/C(=C\c2cc(Br)c(OCc3ccccc3F)c(Br)c2)SC1=Nc1ccc(F)cc1. The van der Waals surface area contributed by atoms with E-state index in [4.69, 9.17) is 4.74 Å². The fraction of sp³-hybridized carbons (Fsp3) is 0.120. The number of nitrogens with zero attached hydrogens (tertiary/aromatic N) is 2. The van der Waals surface area contributed by atoms with Gasteiger partial charge in [-0.2, -0.15) is 0 Å². The lowest BCUT2D eigenvalue weighted by Gasteiger charge is -2.12. The number of halogens is 4. The molecule has 0 bridgehead atoms. The predicted molar refractivity (Wildman–Crippen MR) is 139 cm³/mol. The minimum atomic E-state index is -0.343. The molecule has 3 aromatic carbocycles. The topological polar surface area (TPSA) is 41.9 Å². The molecular formula is C25H18Br2F2N2O2S. The van der Waals surface area contributed by atoms with E-state index in [1.165, 1.54) is 30.0 Å². The Bertz CT molecular complexity index is 1270. The Morgan fingerprint density at radius 2 is 1.74 bits per heavy atom. The molecule has 0 saturated carbocycles. The summed E-state index contributed by atoms with van der Waals surface area (Å²) in [7, 11) is 0. The highest BCUT2D eigenvalue weighted by Gasteiger charge is 2.32. The number of likely N-dealkylation sites (N-methyl/N-ethyl adjacent to an activating group) is 1. The summed E-state index contributed by atoms with van der Waals surface area (Å²) in [6.45, 7) is 2.41. The molecule has 4 rings (SSSR count). The molecular weight excluding hydrogens is 590 g/mol. The molecule has 0 atom stereocenters. The Labute approximate surface area is 217 Å². The van der Waals surface area contributed by atoms with Crippen LogP contribution in [0.5, 0.6) is 5.75 Å². The molecule has 0 aromatic heterocycles. The number of hydrogen-bond donors (Lipinski definition) is 0. The van der Waals surface area contributed by atoms with E-state index in [0.29, 0.717) is 42.6 Å². The van der Waals surface area contributed by atoms with Gasteiger partial charge in [0.1, 0.15) is 24.0 Å². The third kappa shape index (κ3) is 5.59. The van der Waals surface area contributed by atoms with Gasteiger partial charge in [0.25, 0.3) is 5.91 Å². The second-order valence-corrected chi connectivity index (χ2v) is 9.94. The number of rotatable bonds is 6. The Kier molecular flexibility index (Phi) is 7.85. The first-order valence-electron chi connectivity index (χ1n) is 10.3. The van der Waals surface area contributed by atoms with Crippen LogP contribution < -0.4 is 4.74 Å². The van der Waals surface area contributed by atoms with Crippen LogP contribution in [0, 0.1) is 11.6 Å². The molecule has 9 heteroatoms. The summed E-state index contributed by atoms with van der Waals surface area (Å²) in [5.74, 6) is -0.291. The Morgan fingerprint density at radius 1 is 1.06 bits per heavy atom. The van der Waals surface area contributed by atoms with Gasteiger partial charge in [-0.15, -0.1) is 0 Å². The van der Waals surface area contributed by atoms with Gasteiger partial charge in [0.15, 0.2) is 5.17 Å². The van der Waals surface area contributed by atoms with E-state index in [1.54, 1.807) is 41.3 Å². The molecule has 3 aromatic rings. The molecule has 1 aliphatic rings. The Morgan fingerprint density at radius 3 is 2.38 bits per heavy atom. The van der Waals surface area contributed by atoms with Crippen LogP contribution in [0.3, 0.4) is 0 Å². The van der Waals surface area contributed by atoms with Crippen LogP contribution in [0.25, 0.3) is 6.08 Å². The van der Waals surface area contributed by atoms with Gasteiger partial charge < -0.3 is 4.74 Å². The summed E-state index contributed by atoms with van der Waals surface area (Å²) >= 11 is 8.28. The molecule has 1 fully saturated rings. The quantitative estimate of drug-likeness (QED) is 0.270. The van der Waals surface area contributed by atoms with E-state index in [9.17, 15) is 13.6 Å². The van der Waals surface area contributed by atoms with Gasteiger partial charge in [-0.3, -0.25) is 9.69 Å². The zero-order chi connectivity index (χ0) is 24.2. The number of carbonyl (C=O) groups excluding carboxylic acids is 1. The fourth-order valence-corrected chi connectivity index (χ4v) is 5.73. The van der Waals surface area contributed by atoms with Crippen LogP contribution in [0.4, 0.5) is 14.5 Å². The third-order valence-electron chi connectivity index (χ3n) is 4.90. The van der Waals surface area contributed by atoms with E-state index in [0.717, 1.165) is 5.56 Å².